The average Bonchev–Trinajstić information content (AvgIpc) is 3.41. The zero-order valence-corrected chi connectivity index (χ0v) is 15.9. The largest absolute Gasteiger partial charge is 0.348 e. The molecule has 0 aromatic carbocycles. The van der Waals surface area contributed by atoms with Crippen LogP contribution in [0.5, 0.6) is 0 Å². The van der Waals surface area contributed by atoms with Crippen molar-refractivity contribution < 1.29 is 9.32 Å². The van der Waals surface area contributed by atoms with Crippen molar-refractivity contribution >= 4 is 6.03 Å². The van der Waals surface area contributed by atoms with E-state index in [1.165, 1.54) is 19.3 Å². The van der Waals surface area contributed by atoms with Gasteiger partial charge in [0.25, 0.3) is 0 Å². The van der Waals surface area contributed by atoms with Crippen molar-refractivity contribution in [2.24, 2.45) is 0 Å². The molecule has 0 spiro atoms. The first-order valence-corrected chi connectivity index (χ1v) is 10.1. The van der Waals surface area contributed by atoms with Crippen LogP contribution in [-0.4, -0.2) is 44.1 Å². The molecule has 1 aliphatic heterocycles. The van der Waals surface area contributed by atoms with Crippen LogP contribution in [0.15, 0.2) is 16.9 Å². The number of piperidine rings is 1. The summed E-state index contributed by atoms with van der Waals surface area (Å²) in [5, 5.41) is 7.17. The third-order valence-electron chi connectivity index (χ3n) is 5.75. The lowest BCUT2D eigenvalue weighted by atomic mass is 9.89. The van der Waals surface area contributed by atoms with Gasteiger partial charge in [-0.2, -0.15) is 4.98 Å². The van der Waals surface area contributed by atoms with E-state index in [1.807, 2.05) is 18.0 Å². The smallest absolute Gasteiger partial charge is 0.318 e. The van der Waals surface area contributed by atoms with E-state index < -0.39 is 0 Å². The molecule has 2 aliphatic rings. The Hall–Kier alpha value is -2.38. The van der Waals surface area contributed by atoms with Crippen molar-refractivity contribution in [2.75, 3.05) is 13.1 Å². The van der Waals surface area contributed by atoms with Crippen LogP contribution in [0.25, 0.3) is 0 Å². The van der Waals surface area contributed by atoms with Crippen LogP contribution < -0.4 is 5.32 Å². The first kappa shape index (κ1) is 18.0. The fraction of sp³-hybridized carbons (Fsp3) is 0.684. The van der Waals surface area contributed by atoms with Crippen molar-refractivity contribution in [2.45, 2.75) is 69.7 Å². The van der Waals surface area contributed by atoms with E-state index in [1.54, 1.807) is 6.20 Å². The van der Waals surface area contributed by atoms with Gasteiger partial charge in [-0.3, -0.25) is 0 Å². The van der Waals surface area contributed by atoms with Crippen LogP contribution in [0.2, 0.25) is 0 Å². The van der Waals surface area contributed by atoms with Gasteiger partial charge in [0.2, 0.25) is 5.89 Å². The Balaban J connectivity index is 1.34. The minimum absolute atomic E-state index is 0.0869. The summed E-state index contributed by atoms with van der Waals surface area (Å²) in [5.41, 5.74) is 0. The van der Waals surface area contributed by atoms with E-state index >= 15 is 0 Å². The normalized spacial score (nSPS) is 22.6. The topological polar surface area (TPSA) is 99.9 Å². The molecule has 0 radical (unpaired) electrons. The fourth-order valence-corrected chi connectivity index (χ4v) is 4.17. The number of carbonyl (C=O) groups is 1. The third kappa shape index (κ3) is 4.14. The van der Waals surface area contributed by atoms with Gasteiger partial charge < -0.3 is 19.7 Å². The summed E-state index contributed by atoms with van der Waals surface area (Å²) in [6, 6.07) is -0.387. The number of nitrogens with zero attached hydrogens (tertiary/aromatic N) is 4. The lowest BCUT2D eigenvalue weighted by Gasteiger charge is -2.32. The van der Waals surface area contributed by atoms with Gasteiger partial charge in [-0.05, 0) is 32.6 Å². The molecule has 146 valence electrons. The molecule has 4 rings (SSSR count). The summed E-state index contributed by atoms with van der Waals surface area (Å²) in [6.45, 7) is 3.32. The summed E-state index contributed by atoms with van der Waals surface area (Å²) in [4.78, 5) is 26.6. The van der Waals surface area contributed by atoms with Gasteiger partial charge in [0.15, 0.2) is 5.82 Å². The number of amides is 2. The zero-order valence-electron chi connectivity index (χ0n) is 15.9. The van der Waals surface area contributed by atoms with Gasteiger partial charge in [-0.25, -0.2) is 9.78 Å². The van der Waals surface area contributed by atoms with E-state index in [9.17, 15) is 4.79 Å². The molecule has 2 unspecified atom stereocenters. The molecule has 3 heterocycles. The van der Waals surface area contributed by atoms with Gasteiger partial charge in [0, 0.05) is 37.3 Å². The Labute approximate surface area is 159 Å². The maximum Gasteiger partial charge on any atom is 0.318 e. The molecule has 8 nitrogen and oxygen atoms in total. The Morgan fingerprint density at radius 3 is 2.85 bits per heavy atom. The highest BCUT2D eigenvalue weighted by atomic mass is 16.5. The lowest BCUT2D eigenvalue weighted by Crippen LogP contribution is -2.45. The van der Waals surface area contributed by atoms with Gasteiger partial charge in [0.1, 0.15) is 11.9 Å². The minimum atomic E-state index is -0.300. The summed E-state index contributed by atoms with van der Waals surface area (Å²) in [7, 11) is 0. The number of aromatic amines is 1. The van der Waals surface area contributed by atoms with Gasteiger partial charge in [0.05, 0.1) is 0 Å². The maximum absolute atomic E-state index is 12.7. The number of hydrogen-bond acceptors (Lipinski definition) is 5. The highest BCUT2D eigenvalue weighted by Gasteiger charge is 2.28. The number of likely N-dealkylation sites (tertiary alicyclic amines) is 1. The van der Waals surface area contributed by atoms with Crippen molar-refractivity contribution in [3.05, 3.63) is 29.9 Å². The van der Waals surface area contributed by atoms with Crippen LogP contribution in [0, 0.1) is 0 Å². The van der Waals surface area contributed by atoms with Crippen LogP contribution in [0.3, 0.4) is 0 Å². The quantitative estimate of drug-likeness (QED) is 0.856. The summed E-state index contributed by atoms with van der Waals surface area (Å²) in [6.07, 6.45) is 11.6. The van der Waals surface area contributed by atoms with Crippen molar-refractivity contribution in [1.82, 2.24) is 30.3 Å². The molecule has 2 amide bonds. The van der Waals surface area contributed by atoms with Crippen molar-refractivity contribution in [3.63, 3.8) is 0 Å². The Bertz CT molecular complexity index is 737. The molecule has 1 aliphatic carbocycles. The SMILES string of the molecule is CC(NC(=O)N1CCCC(c2ncc[nH]2)C1)c1nc(C2CCCCC2)no1. The van der Waals surface area contributed by atoms with E-state index in [0.717, 1.165) is 43.9 Å². The number of nitrogens with one attached hydrogen (secondary N) is 2. The molecule has 2 aromatic rings. The number of carbonyl (C=O) groups excluding carboxylic acids is 1. The highest BCUT2D eigenvalue weighted by molar-refractivity contribution is 5.74. The number of rotatable bonds is 4. The first-order chi connectivity index (χ1) is 13.2. The van der Waals surface area contributed by atoms with Crippen LogP contribution in [0.1, 0.15) is 87.3 Å². The summed E-state index contributed by atoms with van der Waals surface area (Å²) >= 11 is 0. The predicted molar refractivity (Wildman–Crippen MR) is 99.2 cm³/mol. The Kier molecular flexibility index (Phi) is 5.40. The molecule has 8 heteroatoms. The van der Waals surface area contributed by atoms with Crippen molar-refractivity contribution in [3.8, 4) is 0 Å². The van der Waals surface area contributed by atoms with Gasteiger partial charge in [-0.15, -0.1) is 0 Å². The molecule has 1 saturated carbocycles. The van der Waals surface area contributed by atoms with Gasteiger partial charge >= 0.3 is 6.03 Å². The molecule has 27 heavy (non-hydrogen) atoms. The second-order valence-corrected chi connectivity index (χ2v) is 7.76. The fourth-order valence-electron chi connectivity index (χ4n) is 4.17. The number of hydrogen-bond donors (Lipinski definition) is 2. The minimum Gasteiger partial charge on any atom is -0.348 e. The van der Waals surface area contributed by atoms with Crippen LogP contribution >= 0.6 is 0 Å². The second kappa shape index (κ2) is 8.10. The lowest BCUT2D eigenvalue weighted by molar-refractivity contribution is 0.173. The van der Waals surface area contributed by atoms with E-state index in [-0.39, 0.29) is 18.0 Å². The van der Waals surface area contributed by atoms with E-state index in [2.05, 4.69) is 25.4 Å². The third-order valence-corrected chi connectivity index (χ3v) is 5.75. The number of urea groups is 1. The standard InChI is InChI=1S/C19H28N6O2/c1-13(18-23-17(24-27-18)14-6-3-2-4-7-14)22-19(26)25-11-5-8-15(12-25)16-20-9-10-21-16/h9-10,13-15H,2-8,11-12H2,1H3,(H,20,21)(H,22,26). The number of H-pyrrole nitrogens is 1. The predicted octanol–water partition coefficient (Wildman–Crippen LogP) is 3.49. The first-order valence-electron chi connectivity index (χ1n) is 10.1. The second-order valence-electron chi connectivity index (χ2n) is 7.76. The van der Waals surface area contributed by atoms with Gasteiger partial charge in [-0.1, -0.05) is 24.4 Å². The Morgan fingerprint density at radius 2 is 2.07 bits per heavy atom. The molecular formula is C19H28N6O2. The zero-order chi connectivity index (χ0) is 18.6. The molecule has 0 bridgehead atoms. The summed E-state index contributed by atoms with van der Waals surface area (Å²) in [5.74, 6) is 2.89. The Morgan fingerprint density at radius 1 is 1.26 bits per heavy atom. The molecule has 2 fully saturated rings. The van der Waals surface area contributed by atoms with Crippen molar-refractivity contribution in [1.29, 1.82) is 0 Å². The molecule has 2 aromatic heterocycles. The number of imidazole rings is 1. The maximum atomic E-state index is 12.7. The average molecular weight is 372 g/mol. The van der Waals surface area contributed by atoms with Crippen LogP contribution in [-0.2, 0) is 0 Å². The molecule has 1 saturated heterocycles. The highest BCUT2D eigenvalue weighted by Crippen LogP contribution is 2.31. The monoisotopic (exact) mass is 372 g/mol. The van der Waals surface area contributed by atoms with E-state index in [0.29, 0.717) is 18.4 Å². The molecular weight excluding hydrogens is 344 g/mol. The summed E-state index contributed by atoms with van der Waals surface area (Å²) < 4.78 is 5.44. The van der Waals surface area contributed by atoms with Crippen LogP contribution in [0.4, 0.5) is 4.79 Å². The molecule has 2 atom stereocenters. The molecule has 2 N–H and O–H groups in total. The van der Waals surface area contributed by atoms with E-state index in [4.69, 9.17) is 4.52 Å². The number of aromatic nitrogens is 4.